The number of benzene rings is 4. The van der Waals surface area contributed by atoms with Crippen molar-refractivity contribution in [3.63, 3.8) is 0 Å². The van der Waals surface area contributed by atoms with Crippen LogP contribution in [0.25, 0.3) is 0 Å². The third-order valence-corrected chi connectivity index (χ3v) is 9.16. The summed E-state index contributed by atoms with van der Waals surface area (Å²) in [5, 5.41) is 38.8. The maximum absolute atomic E-state index is 10.1. The minimum Gasteiger partial charge on any atom is -0.508 e. The van der Waals surface area contributed by atoms with E-state index < -0.39 is 4.70 Å². The van der Waals surface area contributed by atoms with E-state index in [1.807, 2.05) is 36.4 Å². The molecule has 4 aromatic carbocycles. The van der Waals surface area contributed by atoms with E-state index in [9.17, 15) is 20.4 Å². The van der Waals surface area contributed by atoms with Gasteiger partial charge in [0.05, 0.1) is 0 Å². The van der Waals surface area contributed by atoms with Gasteiger partial charge in [0.15, 0.2) is 0 Å². The van der Waals surface area contributed by atoms with Crippen LogP contribution in [0.3, 0.4) is 0 Å². The third kappa shape index (κ3) is 6.55. The highest BCUT2D eigenvalue weighted by Crippen LogP contribution is 2.63. The minimum absolute atomic E-state index is 0.0617. The number of phenols is 4. The average Bonchev–Trinajstić information content (AvgIpc) is 3.28. The quantitative estimate of drug-likeness (QED) is 0.165. The summed E-state index contributed by atoms with van der Waals surface area (Å²) >= 11 is 8.80. The smallest absolute Gasteiger partial charge is 0.313 e. The number of carbonyl (C=O) groups excluding carboxylic acids is 1. The van der Waals surface area contributed by atoms with E-state index >= 15 is 0 Å². The Bertz CT molecular complexity index is 1530. The maximum Gasteiger partial charge on any atom is 0.313 e. The van der Waals surface area contributed by atoms with Crippen molar-refractivity contribution in [3.05, 3.63) is 118 Å². The Balaban J connectivity index is 0.000000186. The van der Waals surface area contributed by atoms with Crippen molar-refractivity contribution >= 4 is 27.9 Å². The molecule has 4 N–H and O–H groups in total. The summed E-state index contributed by atoms with van der Waals surface area (Å²) in [4.78, 5) is 8.98. The molecule has 0 aliphatic heterocycles. The van der Waals surface area contributed by atoms with Gasteiger partial charge in [0.2, 0.25) is 0 Å². The van der Waals surface area contributed by atoms with Gasteiger partial charge in [-0.2, -0.15) is 0 Å². The Hall–Kier alpha value is -3.67. The summed E-state index contributed by atoms with van der Waals surface area (Å²) in [5.74, 6) is 1.20. The molecule has 0 fully saturated rings. The monoisotopic (exact) mass is 634 g/mol. The first kappa shape index (κ1) is 33.2. The van der Waals surface area contributed by atoms with Crippen LogP contribution in [0.4, 0.5) is 4.79 Å². The van der Waals surface area contributed by atoms with Gasteiger partial charge >= 0.3 is 4.70 Å². The maximum atomic E-state index is 10.1. The van der Waals surface area contributed by atoms with Crippen LogP contribution in [0.2, 0.25) is 0 Å². The van der Waals surface area contributed by atoms with Crippen LogP contribution in [0.15, 0.2) is 84.9 Å². The van der Waals surface area contributed by atoms with Crippen molar-refractivity contribution in [2.45, 2.75) is 76.0 Å². The normalized spacial score (nSPS) is 16.5. The highest BCUT2D eigenvalue weighted by molar-refractivity contribution is 6.93. The largest absolute Gasteiger partial charge is 0.508 e. The van der Waals surface area contributed by atoms with Crippen molar-refractivity contribution in [2.75, 3.05) is 0 Å². The van der Waals surface area contributed by atoms with Gasteiger partial charge in [0, 0.05) is 10.8 Å². The molecule has 0 saturated carbocycles. The number of hydrogen-bond acceptors (Lipinski definition) is 5. The molecule has 4 aromatic rings. The first-order valence-corrected chi connectivity index (χ1v) is 15.3. The zero-order valence-corrected chi connectivity index (χ0v) is 27.5. The molecular formula is C37H40Cl2O5. The highest BCUT2D eigenvalue weighted by atomic mass is 35.5. The summed E-state index contributed by atoms with van der Waals surface area (Å²) in [6, 6.07) is 26.1. The zero-order valence-electron chi connectivity index (χ0n) is 26.0. The van der Waals surface area contributed by atoms with E-state index in [1.165, 1.54) is 22.3 Å². The molecule has 1 spiro atoms. The Morgan fingerprint density at radius 1 is 0.568 bits per heavy atom. The number of phenolic OH excluding ortho intramolecular Hbond substituents is 4. The molecule has 232 valence electrons. The van der Waals surface area contributed by atoms with E-state index in [1.54, 1.807) is 36.4 Å². The summed E-state index contributed by atoms with van der Waals surface area (Å²) in [5.41, 5.74) is 7.22. The topological polar surface area (TPSA) is 98.0 Å². The van der Waals surface area contributed by atoms with Gasteiger partial charge in [-0.3, -0.25) is 4.79 Å². The molecule has 0 bridgehead atoms. The molecule has 0 heterocycles. The van der Waals surface area contributed by atoms with Crippen molar-refractivity contribution in [3.8, 4) is 23.0 Å². The van der Waals surface area contributed by atoms with Gasteiger partial charge in [-0.15, -0.1) is 0 Å². The van der Waals surface area contributed by atoms with E-state index in [-0.39, 0.29) is 33.2 Å². The number of rotatable bonds is 2. The fourth-order valence-corrected chi connectivity index (χ4v) is 7.25. The summed E-state index contributed by atoms with van der Waals surface area (Å²) in [6.45, 7) is 13.4. The van der Waals surface area contributed by atoms with Crippen LogP contribution in [-0.4, -0.2) is 25.1 Å². The summed E-state index contributed by atoms with van der Waals surface area (Å²) in [7, 11) is 0. The molecule has 0 saturated heterocycles. The van der Waals surface area contributed by atoms with Crippen molar-refractivity contribution in [1.29, 1.82) is 0 Å². The molecule has 2 aliphatic carbocycles. The van der Waals surface area contributed by atoms with Crippen LogP contribution in [-0.2, 0) is 21.7 Å². The van der Waals surface area contributed by atoms with Crippen LogP contribution >= 0.6 is 23.2 Å². The second kappa shape index (κ2) is 12.0. The van der Waals surface area contributed by atoms with Gasteiger partial charge in [0.25, 0.3) is 0 Å². The van der Waals surface area contributed by atoms with Crippen molar-refractivity contribution in [1.82, 2.24) is 0 Å². The number of fused-ring (bicyclic) bond motifs is 4. The van der Waals surface area contributed by atoms with E-state index in [2.05, 4.69) is 76.9 Å². The summed E-state index contributed by atoms with van der Waals surface area (Å²) in [6.07, 6.45) is 2.03. The molecule has 6 rings (SSSR count). The van der Waals surface area contributed by atoms with Crippen LogP contribution in [0, 0.1) is 0 Å². The molecule has 0 unspecified atom stereocenters. The first-order valence-electron chi connectivity index (χ1n) is 14.5. The fourth-order valence-electron chi connectivity index (χ4n) is 7.25. The molecule has 0 atom stereocenters. The predicted molar refractivity (Wildman–Crippen MR) is 178 cm³/mol. The molecule has 0 amide bonds. The van der Waals surface area contributed by atoms with Crippen LogP contribution in [0.5, 0.6) is 23.0 Å². The Kier molecular flexibility index (Phi) is 9.08. The second-order valence-corrected chi connectivity index (χ2v) is 14.5. The van der Waals surface area contributed by atoms with E-state index in [4.69, 9.17) is 4.79 Å². The molecule has 2 aliphatic rings. The molecule has 0 radical (unpaired) electrons. The number of hydrogen-bond donors (Lipinski definition) is 4. The molecule has 44 heavy (non-hydrogen) atoms. The lowest BCUT2D eigenvalue weighted by Gasteiger charge is -2.30. The molecule has 5 nitrogen and oxygen atoms in total. The van der Waals surface area contributed by atoms with Crippen LogP contribution < -0.4 is 0 Å². The first-order chi connectivity index (χ1) is 20.4. The van der Waals surface area contributed by atoms with Gasteiger partial charge in [-0.1, -0.05) is 77.9 Å². The molecule has 7 heteroatoms. The predicted octanol–water partition coefficient (Wildman–Crippen LogP) is 9.75. The minimum atomic E-state index is -0.889. The SMILES string of the molecule is CC(C)(c1ccc(O)cc1)c1ccc(O)cc1.CC1(C)CC2(CC(C)(C)c3ccc(O)cc32)c2cc(O)ccc21.O=C(Cl)Cl. The highest BCUT2D eigenvalue weighted by Gasteiger charge is 2.56. The number of halogens is 2. The Labute approximate surface area is 269 Å². The summed E-state index contributed by atoms with van der Waals surface area (Å²) < 4.78 is -0.889. The fraction of sp³-hybridized carbons (Fsp3) is 0.324. The Morgan fingerprint density at radius 2 is 0.864 bits per heavy atom. The van der Waals surface area contributed by atoms with Gasteiger partial charge in [-0.05, 0) is 129 Å². The van der Waals surface area contributed by atoms with Crippen molar-refractivity contribution < 1.29 is 25.2 Å². The van der Waals surface area contributed by atoms with Crippen molar-refractivity contribution in [2.24, 2.45) is 0 Å². The Morgan fingerprint density at radius 3 is 1.18 bits per heavy atom. The molecule has 0 aromatic heterocycles. The standard InChI is InChI=1S/C21H24O2.C15H16O2.CCl2O/c1-19(2)11-21(17-9-13(22)5-7-15(17)19)12-20(3,4)16-8-6-14(23)10-18(16)21;1-15(2,11-3-7-13(16)8-4-11)12-5-9-14(17)10-6-12;2-1(3)4/h5-10,22-23H,11-12H2,1-4H3;3-10,16-17H,1-2H3;. The number of aromatic hydroxyl groups is 4. The second-order valence-electron chi connectivity index (χ2n) is 13.6. The third-order valence-electron chi connectivity index (χ3n) is 9.16. The van der Waals surface area contributed by atoms with Gasteiger partial charge in [-0.25, -0.2) is 0 Å². The average molecular weight is 636 g/mol. The molecular weight excluding hydrogens is 595 g/mol. The number of carbonyl (C=O) groups is 1. The van der Waals surface area contributed by atoms with E-state index in [0.717, 1.165) is 24.0 Å². The van der Waals surface area contributed by atoms with E-state index in [0.29, 0.717) is 11.5 Å². The lowest BCUT2D eigenvalue weighted by Crippen LogP contribution is -2.26. The lowest BCUT2D eigenvalue weighted by atomic mass is 9.72. The van der Waals surface area contributed by atoms with Crippen LogP contribution in [0.1, 0.15) is 87.8 Å². The van der Waals surface area contributed by atoms with Gasteiger partial charge in [0.1, 0.15) is 23.0 Å². The zero-order chi connectivity index (χ0) is 32.7. The van der Waals surface area contributed by atoms with Gasteiger partial charge < -0.3 is 20.4 Å². The lowest BCUT2D eigenvalue weighted by molar-refractivity contribution is 0.275.